The Bertz CT molecular complexity index is 596. The summed E-state index contributed by atoms with van der Waals surface area (Å²) in [5.41, 5.74) is 0. The smallest absolute Gasteiger partial charge is 0.223 e. The molecule has 0 aromatic carbocycles. The van der Waals surface area contributed by atoms with E-state index in [2.05, 4.69) is 36.0 Å². The summed E-state index contributed by atoms with van der Waals surface area (Å²) < 4.78 is 0. The van der Waals surface area contributed by atoms with Crippen molar-refractivity contribution < 1.29 is 4.79 Å². The summed E-state index contributed by atoms with van der Waals surface area (Å²) in [7, 11) is 0. The number of nitrogens with zero attached hydrogens (tertiary/aromatic N) is 2. The van der Waals surface area contributed by atoms with Gasteiger partial charge in [-0.25, -0.2) is 4.98 Å². The Kier molecular flexibility index (Phi) is 6.44. The van der Waals surface area contributed by atoms with Crippen LogP contribution in [0.4, 0.5) is 5.82 Å². The quantitative estimate of drug-likeness (QED) is 0.838. The van der Waals surface area contributed by atoms with Gasteiger partial charge in [0.1, 0.15) is 5.82 Å². The molecule has 2 heterocycles. The fourth-order valence-corrected chi connectivity index (χ4v) is 4.71. The van der Waals surface area contributed by atoms with Crippen molar-refractivity contribution in [2.45, 2.75) is 58.9 Å². The predicted octanol–water partition coefficient (Wildman–Crippen LogP) is 4.53. The number of carbonyl (C=O) groups excluding carboxylic acids is 1. The van der Waals surface area contributed by atoms with Crippen LogP contribution in [0.15, 0.2) is 18.3 Å². The zero-order valence-electron chi connectivity index (χ0n) is 16.2. The minimum absolute atomic E-state index is 0.128. The Morgan fingerprint density at radius 2 is 1.96 bits per heavy atom. The molecule has 1 aromatic rings. The molecule has 0 radical (unpaired) electrons. The van der Waals surface area contributed by atoms with Crippen LogP contribution in [-0.4, -0.2) is 30.0 Å². The van der Waals surface area contributed by atoms with Crippen LogP contribution in [0.3, 0.4) is 0 Å². The lowest BCUT2D eigenvalue weighted by molar-refractivity contribution is -0.127. The Morgan fingerprint density at radius 3 is 2.58 bits per heavy atom. The van der Waals surface area contributed by atoms with E-state index in [9.17, 15) is 4.79 Å². The van der Waals surface area contributed by atoms with Crippen LogP contribution in [0.1, 0.15) is 52.9 Å². The summed E-state index contributed by atoms with van der Waals surface area (Å²) in [5, 5.41) is 4.08. The summed E-state index contributed by atoms with van der Waals surface area (Å²) in [6.07, 6.45) is 7.13. The van der Waals surface area contributed by atoms with Gasteiger partial charge in [-0.2, -0.15) is 0 Å². The topological polar surface area (TPSA) is 45.2 Å². The number of anilines is 1. The maximum atomic E-state index is 12.9. The average molecular weight is 378 g/mol. The number of piperidine rings is 1. The molecule has 4 nitrogen and oxygen atoms in total. The van der Waals surface area contributed by atoms with Crippen molar-refractivity contribution in [2.24, 2.45) is 23.7 Å². The zero-order valence-corrected chi connectivity index (χ0v) is 17.0. The van der Waals surface area contributed by atoms with E-state index in [1.54, 1.807) is 6.20 Å². The summed E-state index contributed by atoms with van der Waals surface area (Å²) in [6, 6.07) is 4.18. The molecule has 0 bridgehead atoms. The average Bonchev–Trinajstić information content (AvgIpc) is 2.62. The second-order valence-corrected chi connectivity index (χ2v) is 8.97. The number of hydrogen-bond acceptors (Lipinski definition) is 3. The van der Waals surface area contributed by atoms with Gasteiger partial charge >= 0.3 is 0 Å². The maximum Gasteiger partial charge on any atom is 0.223 e. The molecular weight excluding hydrogens is 346 g/mol. The molecule has 5 heteroatoms. The van der Waals surface area contributed by atoms with Crippen molar-refractivity contribution in [2.75, 3.05) is 18.0 Å². The molecule has 1 aromatic heterocycles. The largest absolute Gasteiger partial charge is 0.357 e. The third kappa shape index (κ3) is 4.70. The fourth-order valence-electron chi connectivity index (χ4n) is 4.59. The number of amides is 1. The summed E-state index contributed by atoms with van der Waals surface area (Å²) in [4.78, 5) is 19.5. The number of hydrogen-bond donors (Lipinski definition) is 1. The van der Waals surface area contributed by atoms with Crippen LogP contribution in [0.25, 0.3) is 0 Å². The number of carbonyl (C=O) groups is 1. The first-order chi connectivity index (χ1) is 12.4. The lowest BCUT2D eigenvalue weighted by Gasteiger charge is -2.39. The summed E-state index contributed by atoms with van der Waals surface area (Å²) >= 11 is 5.92. The van der Waals surface area contributed by atoms with Crippen LogP contribution in [0, 0.1) is 23.7 Å². The summed E-state index contributed by atoms with van der Waals surface area (Å²) in [5.74, 6) is 3.31. The monoisotopic (exact) mass is 377 g/mol. The highest BCUT2D eigenvalue weighted by atomic mass is 35.5. The predicted molar refractivity (Wildman–Crippen MR) is 107 cm³/mol. The van der Waals surface area contributed by atoms with Crippen LogP contribution in [0.2, 0.25) is 5.02 Å². The molecule has 0 spiro atoms. The lowest BCUT2D eigenvalue weighted by Crippen LogP contribution is -2.49. The van der Waals surface area contributed by atoms with E-state index in [1.807, 2.05) is 12.1 Å². The van der Waals surface area contributed by atoms with Crippen molar-refractivity contribution >= 4 is 23.3 Å². The molecule has 1 saturated heterocycles. The molecule has 1 N–H and O–H groups in total. The maximum absolute atomic E-state index is 12.9. The van der Waals surface area contributed by atoms with Crippen molar-refractivity contribution in [1.29, 1.82) is 0 Å². The first kappa shape index (κ1) is 19.5. The number of rotatable bonds is 4. The third-order valence-corrected chi connectivity index (χ3v) is 6.47. The van der Waals surface area contributed by atoms with Gasteiger partial charge in [0, 0.05) is 31.2 Å². The second kappa shape index (κ2) is 8.60. The van der Waals surface area contributed by atoms with E-state index in [0.29, 0.717) is 28.8 Å². The summed E-state index contributed by atoms with van der Waals surface area (Å²) in [6.45, 7) is 8.64. The van der Waals surface area contributed by atoms with Crippen LogP contribution in [0.5, 0.6) is 0 Å². The molecule has 0 unspecified atom stereocenters. The van der Waals surface area contributed by atoms with Gasteiger partial charge in [0.2, 0.25) is 5.91 Å². The third-order valence-electron chi connectivity index (χ3n) is 6.25. The number of halogens is 1. The van der Waals surface area contributed by atoms with E-state index >= 15 is 0 Å². The van der Waals surface area contributed by atoms with Gasteiger partial charge in [-0.3, -0.25) is 4.79 Å². The minimum atomic E-state index is 0.128. The molecule has 3 atom stereocenters. The Hall–Kier alpha value is -1.29. The molecule has 2 aliphatic rings. The molecule has 1 saturated carbocycles. The Morgan fingerprint density at radius 1 is 1.23 bits per heavy atom. The number of nitrogens with one attached hydrogen (secondary N) is 1. The molecule has 3 rings (SSSR count). The molecular formula is C21H32ClN3O. The van der Waals surface area contributed by atoms with Crippen LogP contribution in [-0.2, 0) is 4.79 Å². The SMILES string of the molecule is CC(C)[C@H]1CC[C@@H](C)C[C@@H]1NC(=O)C1CCN(c2ccc(Cl)cn2)CC1. The number of pyridine rings is 1. The lowest BCUT2D eigenvalue weighted by atomic mass is 9.74. The van der Waals surface area contributed by atoms with Crippen molar-refractivity contribution in [1.82, 2.24) is 10.3 Å². The van der Waals surface area contributed by atoms with E-state index < -0.39 is 0 Å². The first-order valence-corrected chi connectivity index (χ1v) is 10.5. The minimum Gasteiger partial charge on any atom is -0.357 e. The fraction of sp³-hybridized carbons (Fsp3) is 0.714. The van der Waals surface area contributed by atoms with Gasteiger partial charge in [0.05, 0.1) is 5.02 Å². The number of aromatic nitrogens is 1. The van der Waals surface area contributed by atoms with Gasteiger partial charge in [-0.15, -0.1) is 0 Å². The molecule has 2 fully saturated rings. The highest BCUT2D eigenvalue weighted by molar-refractivity contribution is 6.30. The van der Waals surface area contributed by atoms with Gasteiger partial charge in [-0.1, -0.05) is 38.8 Å². The molecule has 1 amide bonds. The zero-order chi connectivity index (χ0) is 18.7. The van der Waals surface area contributed by atoms with Crippen molar-refractivity contribution in [3.05, 3.63) is 23.4 Å². The highest BCUT2D eigenvalue weighted by Crippen LogP contribution is 2.34. The van der Waals surface area contributed by atoms with E-state index in [-0.39, 0.29) is 11.8 Å². The van der Waals surface area contributed by atoms with Crippen molar-refractivity contribution in [3.8, 4) is 0 Å². The van der Waals surface area contributed by atoms with E-state index in [0.717, 1.165) is 38.2 Å². The molecule has 1 aliphatic carbocycles. The first-order valence-electron chi connectivity index (χ1n) is 10.1. The van der Waals surface area contributed by atoms with Gasteiger partial charge in [-0.05, 0) is 55.6 Å². The standard InChI is InChI=1S/C21H32ClN3O/c1-14(2)18-6-4-15(3)12-19(18)24-21(26)16-8-10-25(11-9-16)20-7-5-17(22)13-23-20/h5,7,13-16,18-19H,4,6,8-12H2,1-3H3,(H,24,26)/t15-,18-,19+/m1/s1. The van der Waals surface area contributed by atoms with E-state index in [4.69, 9.17) is 11.6 Å². The Labute approximate surface area is 162 Å². The Balaban J connectivity index is 1.53. The van der Waals surface area contributed by atoms with Gasteiger partial charge in [0.25, 0.3) is 0 Å². The van der Waals surface area contributed by atoms with Crippen LogP contribution >= 0.6 is 11.6 Å². The molecule has 144 valence electrons. The molecule has 26 heavy (non-hydrogen) atoms. The van der Waals surface area contributed by atoms with Gasteiger partial charge < -0.3 is 10.2 Å². The normalized spacial score (nSPS) is 27.6. The highest BCUT2D eigenvalue weighted by Gasteiger charge is 2.34. The molecule has 1 aliphatic heterocycles. The van der Waals surface area contributed by atoms with Crippen molar-refractivity contribution in [3.63, 3.8) is 0 Å². The second-order valence-electron chi connectivity index (χ2n) is 8.54. The van der Waals surface area contributed by atoms with Gasteiger partial charge in [0.15, 0.2) is 0 Å². The van der Waals surface area contributed by atoms with Crippen LogP contribution < -0.4 is 10.2 Å². The van der Waals surface area contributed by atoms with E-state index in [1.165, 1.54) is 12.8 Å².